The largest absolute Gasteiger partial charge is 0.394 e. The second-order valence-corrected chi connectivity index (χ2v) is 2.37. The molecule has 0 amide bonds. The van der Waals surface area contributed by atoms with Gasteiger partial charge in [0.15, 0.2) is 0 Å². The van der Waals surface area contributed by atoms with Gasteiger partial charge in [-0.05, 0) is 6.42 Å². The molecule has 0 aromatic carbocycles. The molecule has 0 bridgehead atoms. The predicted molar refractivity (Wildman–Crippen MR) is 37.9 cm³/mol. The molecule has 2 N–H and O–H groups in total. The van der Waals surface area contributed by atoms with Crippen LogP contribution >= 0.6 is 0 Å². The van der Waals surface area contributed by atoms with E-state index in [1.165, 1.54) is 0 Å². The van der Waals surface area contributed by atoms with Crippen LogP contribution in [0.4, 0.5) is 0 Å². The molecule has 0 aliphatic rings. The molecule has 0 saturated heterocycles. The fourth-order valence-electron chi connectivity index (χ4n) is 0.755. The van der Waals surface area contributed by atoms with Crippen LogP contribution in [-0.4, -0.2) is 35.5 Å². The predicted octanol–water partition coefficient (Wildman–Crippen LogP) is -0.866. The molecule has 2 unspecified atom stereocenters. The van der Waals surface area contributed by atoms with Crippen LogP contribution in [0.15, 0.2) is 0 Å². The van der Waals surface area contributed by atoms with Gasteiger partial charge in [0.05, 0.1) is 12.7 Å². The van der Waals surface area contributed by atoms with Crippen molar-refractivity contribution < 1.29 is 19.8 Å². The summed E-state index contributed by atoms with van der Waals surface area (Å²) in [5.41, 5.74) is 0. The smallest absolute Gasteiger partial charge is 0.123 e. The summed E-state index contributed by atoms with van der Waals surface area (Å²) in [7, 11) is 0. The molecule has 0 aromatic heterocycles. The van der Waals surface area contributed by atoms with E-state index in [9.17, 15) is 9.59 Å². The van der Waals surface area contributed by atoms with Crippen molar-refractivity contribution in [3.63, 3.8) is 0 Å². The highest BCUT2D eigenvalue weighted by Gasteiger charge is 2.11. The molecule has 2 atom stereocenters. The lowest BCUT2D eigenvalue weighted by Gasteiger charge is -2.09. The van der Waals surface area contributed by atoms with Crippen LogP contribution < -0.4 is 0 Å². The first-order chi connectivity index (χ1) is 5.24. The van der Waals surface area contributed by atoms with E-state index in [0.717, 1.165) is 0 Å². The van der Waals surface area contributed by atoms with Crippen molar-refractivity contribution in [2.75, 3.05) is 6.61 Å². The lowest BCUT2D eigenvalue weighted by Crippen LogP contribution is -2.18. The summed E-state index contributed by atoms with van der Waals surface area (Å²) in [4.78, 5) is 20.1. The zero-order valence-electron chi connectivity index (χ0n) is 6.14. The fraction of sp³-hybridized carbons (Fsp3) is 0.714. The number of hydrogen-bond donors (Lipinski definition) is 2. The average Bonchev–Trinajstić information content (AvgIpc) is 2.03. The van der Waals surface area contributed by atoms with Gasteiger partial charge in [0.1, 0.15) is 12.6 Å². The highest BCUT2D eigenvalue weighted by atomic mass is 16.3. The normalized spacial score (nSPS) is 15.5. The van der Waals surface area contributed by atoms with Gasteiger partial charge in [-0.1, -0.05) is 0 Å². The molecule has 0 fully saturated rings. The van der Waals surface area contributed by atoms with Crippen molar-refractivity contribution in [3.8, 4) is 0 Å². The SMILES string of the molecule is O=CCC(C=O)CC(O)CO. The summed E-state index contributed by atoms with van der Waals surface area (Å²) >= 11 is 0. The van der Waals surface area contributed by atoms with Gasteiger partial charge in [0.25, 0.3) is 0 Å². The minimum absolute atomic E-state index is 0.112. The molecule has 4 heteroatoms. The number of carbonyl (C=O) groups is 2. The van der Waals surface area contributed by atoms with E-state index in [4.69, 9.17) is 10.2 Å². The van der Waals surface area contributed by atoms with Gasteiger partial charge in [-0.2, -0.15) is 0 Å². The highest BCUT2D eigenvalue weighted by molar-refractivity contribution is 5.61. The second kappa shape index (κ2) is 6.00. The highest BCUT2D eigenvalue weighted by Crippen LogP contribution is 2.06. The third kappa shape index (κ3) is 4.64. The van der Waals surface area contributed by atoms with E-state index in [2.05, 4.69) is 0 Å². The summed E-state index contributed by atoms with van der Waals surface area (Å²) in [6, 6.07) is 0. The summed E-state index contributed by atoms with van der Waals surface area (Å²) < 4.78 is 0. The maximum Gasteiger partial charge on any atom is 0.123 e. The van der Waals surface area contributed by atoms with Gasteiger partial charge >= 0.3 is 0 Å². The van der Waals surface area contributed by atoms with Crippen LogP contribution in [0.25, 0.3) is 0 Å². The Labute approximate surface area is 64.8 Å². The maximum absolute atomic E-state index is 10.2. The molecule has 0 radical (unpaired) electrons. The third-order valence-corrected chi connectivity index (χ3v) is 1.38. The Morgan fingerprint density at radius 2 is 2.00 bits per heavy atom. The van der Waals surface area contributed by atoms with Gasteiger partial charge in [-0.15, -0.1) is 0 Å². The number of rotatable bonds is 6. The minimum atomic E-state index is -0.898. The molecule has 0 rings (SSSR count). The summed E-state index contributed by atoms with van der Waals surface area (Å²) in [6.07, 6.45) is 0.612. The van der Waals surface area contributed by atoms with Crippen LogP contribution in [0.1, 0.15) is 12.8 Å². The molecule has 0 saturated carbocycles. The van der Waals surface area contributed by atoms with Gasteiger partial charge in [-0.3, -0.25) is 0 Å². The maximum atomic E-state index is 10.2. The lowest BCUT2D eigenvalue weighted by molar-refractivity contribution is -0.116. The molecule has 0 heterocycles. The number of hydrogen-bond acceptors (Lipinski definition) is 4. The van der Waals surface area contributed by atoms with Crippen molar-refractivity contribution in [3.05, 3.63) is 0 Å². The Bertz CT molecular complexity index is 124. The third-order valence-electron chi connectivity index (χ3n) is 1.38. The van der Waals surface area contributed by atoms with Crippen molar-refractivity contribution in [1.29, 1.82) is 0 Å². The van der Waals surface area contributed by atoms with Crippen LogP contribution in [0, 0.1) is 5.92 Å². The minimum Gasteiger partial charge on any atom is -0.394 e. The lowest BCUT2D eigenvalue weighted by atomic mass is 10.0. The zero-order valence-corrected chi connectivity index (χ0v) is 6.14. The van der Waals surface area contributed by atoms with Crippen molar-refractivity contribution in [2.24, 2.45) is 5.92 Å². The first kappa shape index (κ1) is 10.3. The van der Waals surface area contributed by atoms with Crippen LogP contribution in [0.5, 0.6) is 0 Å². The second-order valence-electron chi connectivity index (χ2n) is 2.37. The first-order valence-corrected chi connectivity index (χ1v) is 3.42. The molecule has 0 aliphatic heterocycles. The van der Waals surface area contributed by atoms with Gasteiger partial charge in [0, 0.05) is 12.3 Å². The Hall–Kier alpha value is -0.740. The topological polar surface area (TPSA) is 74.6 Å². The number of aldehydes is 2. The Balaban J connectivity index is 3.66. The van der Waals surface area contributed by atoms with Crippen LogP contribution in [-0.2, 0) is 9.59 Å². The molecular formula is C7H12O4. The molecule has 0 aromatic rings. The van der Waals surface area contributed by atoms with E-state index < -0.39 is 12.0 Å². The Morgan fingerprint density at radius 1 is 1.36 bits per heavy atom. The van der Waals surface area contributed by atoms with Crippen LogP contribution in [0.2, 0.25) is 0 Å². The molecule has 64 valence electrons. The average molecular weight is 160 g/mol. The fourth-order valence-corrected chi connectivity index (χ4v) is 0.755. The molecule has 0 spiro atoms. The zero-order chi connectivity index (χ0) is 8.69. The molecule has 0 aliphatic carbocycles. The number of carbonyl (C=O) groups excluding carboxylic acids is 2. The van der Waals surface area contributed by atoms with E-state index in [1.807, 2.05) is 0 Å². The summed E-state index contributed by atoms with van der Waals surface area (Å²) in [5, 5.41) is 17.3. The molecular weight excluding hydrogens is 148 g/mol. The van der Waals surface area contributed by atoms with Gasteiger partial charge in [-0.25, -0.2) is 0 Å². The van der Waals surface area contributed by atoms with E-state index in [1.54, 1.807) is 0 Å². The van der Waals surface area contributed by atoms with E-state index in [0.29, 0.717) is 12.6 Å². The standard InChI is InChI=1S/C7H12O4/c8-2-1-6(4-9)3-7(11)5-10/h2,4,6-7,10-11H,1,3,5H2. The van der Waals surface area contributed by atoms with Crippen molar-refractivity contribution >= 4 is 12.6 Å². The molecule has 11 heavy (non-hydrogen) atoms. The van der Waals surface area contributed by atoms with Gasteiger partial charge in [0.2, 0.25) is 0 Å². The van der Waals surface area contributed by atoms with Crippen molar-refractivity contribution in [1.82, 2.24) is 0 Å². The quantitative estimate of drug-likeness (QED) is 0.495. The van der Waals surface area contributed by atoms with Crippen LogP contribution in [0.3, 0.4) is 0 Å². The number of aliphatic hydroxyl groups excluding tert-OH is 2. The summed E-state index contributed by atoms with van der Waals surface area (Å²) in [5.74, 6) is -0.463. The van der Waals surface area contributed by atoms with Crippen molar-refractivity contribution in [2.45, 2.75) is 18.9 Å². The van der Waals surface area contributed by atoms with E-state index in [-0.39, 0.29) is 19.4 Å². The Kier molecular flexibility index (Phi) is 5.60. The monoisotopic (exact) mass is 160 g/mol. The van der Waals surface area contributed by atoms with E-state index >= 15 is 0 Å². The first-order valence-electron chi connectivity index (χ1n) is 3.42. The molecule has 4 nitrogen and oxygen atoms in total. The van der Waals surface area contributed by atoms with Gasteiger partial charge < -0.3 is 19.8 Å². The number of aliphatic hydroxyl groups is 2. The Morgan fingerprint density at radius 3 is 2.36 bits per heavy atom. The summed E-state index contributed by atoms with van der Waals surface area (Å²) in [6.45, 7) is -0.372.